The van der Waals surface area contributed by atoms with Crippen molar-refractivity contribution in [2.75, 3.05) is 18.0 Å². The van der Waals surface area contributed by atoms with E-state index in [0.717, 1.165) is 17.7 Å². The van der Waals surface area contributed by atoms with Crippen LogP contribution in [0, 0.1) is 0 Å². The number of carbonyl (C=O) groups is 1. The molecule has 0 bridgehead atoms. The smallest absolute Gasteiger partial charge is 0.258 e. The standard InChI is InChI=1S/C20H22N4O2S/c21-15-7-5-14(6-8-15)9-11-22-19(25)10-12-27-13-18-23-17-4-2-1-3-16(17)20(26)24-18/h1-8H,9-13,21H2,(H,22,25)(H,23,24,26). The summed E-state index contributed by atoms with van der Waals surface area (Å²) in [4.78, 5) is 31.2. The van der Waals surface area contributed by atoms with Crippen molar-refractivity contribution in [2.24, 2.45) is 0 Å². The number of thioether (sulfide) groups is 1. The summed E-state index contributed by atoms with van der Waals surface area (Å²) in [5, 5.41) is 3.51. The predicted octanol–water partition coefficient (Wildman–Crippen LogP) is 2.49. The number of rotatable bonds is 8. The molecule has 0 unspecified atom stereocenters. The van der Waals surface area contributed by atoms with Gasteiger partial charge in [0.2, 0.25) is 5.91 Å². The molecule has 0 aliphatic rings. The van der Waals surface area contributed by atoms with Crippen molar-refractivity contribution in [3.8, 4) is 0 Å². The molecule has 0 fully saturated rings. The van der Waals surface area contributed by atoms with Crippen LogP contribution in [0.15, 0.2) is 53.3 Å². The van der Waals surface area contributed by atoms with Gasteiger partial charge >= 0.3 is 0 Å². The molecule has 0 saturated carbocycles. The molecule has 27 heavy (non-hydrogen) atoms. The Hall–Kier alpha value is -2.80. The van der Waals surface area contributed by atoms with Crippen molar-refractivity contribution in [1.82, 2.24) is 15.3 Å². The Bertz CT molecular complexity index is 970. The first-order valence-corrected chi connectivity index (χ1v) is 9.94. The second kappa shape index (κ2) is 9.23. The van der Waals surface area contributed by atoms with E-state index in [1.165, 1.54) is 0 Å². The molecular weight excluding hydrogens is 360 g/mol. The van der Waals surface area contributed by atoms with Crippen LogP contribution < -0.4 is 16.6 Å². The Kier molecular flexibility index (Phi) is 6.49. The van der Waals surface area contributed by atoms with Crippen molar-refractivity contribution in [3.63, 3.8) is 0 Å². The minimum Gasteiger partial charge on any atom is -0.399 e. The Balaban J connectivity index is 1.38. The van der Waals surface area contributed by atoms with Crippen molar-refractivity contribution in [1.29, 1.82) is 0 Å². The van der Waals surface area contributed by atoms with Gasteiger partial charge in [-0.3, -0.25) is 9.59 Å². The quantitative estimate of drug-likeness (QED) is 0.410. The molecule has 4 N–H and O–H groups in total. The van der Waals surface area contributed by atoms with Gasteiger partial charge in [-0.15, -0.1) is 0 Å². The number of H-pyrrole nitrogens is 1. The molecule has 7 heteroatoms. The van der Waals surface area contributed by atoms with Crippen LogP contribution in [0.2, 0.25) is 0 Å². The monoisotopic (exact) mass is 382 g/mol. The fourth-order valence-electron chi connectivity index (χ4n) is 2.66. The summed E-state index contributed by atoms with van der Waals surface area (Å²) in [6.07, 6.45) is 1.21. The number of nitrogens with two attached hydrogens (primary N) is 1. The normalized spacial score (nSPS) is 10.8. The van der Waals surface area contributed by atoms with Crippen LogP contribution >= 0.6 is 11.8 Å². The lowest BCUT2D eigenvalue weighted by Gasteiger charge is -2.06. The lowest BCUT2D eigenvalue weighted by molar-refractivity contribution is -0.120. The SMILES string of the molecule is Nc1ccc(CCNC(=O)CCSCc2nc3ccccc3c(=O)[nH]2)cc1. The minimum absolute atomic E-state index is 0.0258. The van der Waals surface area contributed by atoms with Crippen LogP contribution in [-0.2, 0) is 17.0 Å². The number of amides is 1. The number of nitrogen functional groups attached to an aromatic ring is 1. The number of para-hydroxylation sites is 1. The van der Waals surface area contributed by atoms with E-state index in [4.69, 9.17) is 5.73 Å². The largest absolute Gasteiger partial charge is 0.399 e. The molecule has 1 amide bonds. The first-order valence-electron chi connectivity index (χ1n) is 8.78. The molecule has 0 saturated heterocycles. The second-order valence-corrected chi connectivity index (χ2v) is 7.28. The maximum atomic E-state index is 12.0. The summed E-state index contributed by atoms with van der Waals surface area (Å²) in [7, 11) is 0. The second-order valence-electron chi connectivity index (χ2n) is 6.17. The highest BCUT2D eigenvalue weighted by Crippen LogP contribution is 2.12. The number of carbonyl (C=O) groups excluding carboxylic acids is 1. The third kappa shape index (κ3) is 5.59. The van der Waals surface area contributed by atoms with Gasteiger partial charge in [0.15, 0.2) is 0 Å². The fraction of sp³-hybridized carbons (Fsp3) is 0.250. The summed E-state index contributed by atoms with van der Waals surface area (Å²) < 4.78 is 0. The van der Waals surface area contributed by atoms with Crippen LogP contribution in [0.25, 0.3) is 10.9 Å². The van der Waals surface area contributed by atoms with Gasteiger partial charge in [-0.05, 0) is 36.2 Å². The van der Waals surface area contributed by atoms with Gasteiger partial charge in [-0.2, -0.15) is 11.8 Å². The van der Waals surface area contributed by atoms with Crippen LogP contribution in [-0.4, -0.2) is 28.2 Å². The van der Waals surface area contributed by atoms with E-state index >= 15 is 0 Å². The number of nitrogens with one attached hydrogen (secondary N) is 2. The highest BCUT2D eigenvalue weighted by Gasteiger charge is 2.05. The molecule has 2 aromatic carbocycles. The summed E-state index contributed by atoms with van der Waals surface area (Å²) in [6, 6.07) is 14.9. The van der Waals surface area contributed by atoms with E-state index in [2.05, 4.69) is 15.3 Å². The lowest BCUT2D eigenvalue weighted by atomic mass is 10.1. The molecule has 3 aromatic rings. The average molecular weight is 382 g/mol. The van der Waals surface area contributed by atoms with Crippen molar-refractivity contribution in [2.45, 2.75) is 18.6 Å². The van der Waals surface area contributed by atoms with E-state index in [1.807, 2.05) is 42.5 Å². The van der Waals surface area contributed by atoms with Crippen molar-refractivity contribution in [3.05, 3.63) is 70.3 Å². The molecular formula is C20H22N4O2S. The van der Waals surface area contributed by atoms with Crippen LogP contribution in [0.4, 0.5) is 5.69 Å². The maximum Gasteiger partial charge on any atom is 0.258 e. The van der Waals surface area contributed by atoms with Gasteiger partial charge in [0.25, 0.3) is 5.56 Å². The highest BCUT2D eigenvalue weighted by molar-refractivity contribution is 7.98. The maximum absolute atomic E-state index is 12.0. The molecule has 0 spiro atoms. The van der Waals surface area contributed by atoms with E-state index in [1.54, 1.807) is 17.8 Å². The summed E-state index contributed by atoms with van der Waals surface area (Å²) in [5.41, 5.74) is 8.10. The van der Waals surface area contributed by atoms with Crippen LogP contribution in [0.1, 0.15) is 17.8 Å². The number of aromatic amines is 1. The lowest BCUT2D eigenvalue weighted by Crippen LogP contribution is -2.25. The average Bonchev–Trinajstić information content (AvgIpc) is 2.67. The van der Waals surface area contributed by atoms with Gasteiger partial charge in [0.1, 0.15) is 5.82 Å². The molecule has 6 nitrogen and oxygen atoms in total. The Morgan fingerprint density at radius 2 is 1.93 bits per heavy atom. The van der Waals surface area contributed by atoms with Crippen molar-refractivity contribution < 1.29 is 4.79 Å². The molecule has 1 heterocycles. The van der Waals surface area contributed by atoms with Gasteiger partial charge in [-0.25, -0.2) is 4.98 Å². The highest BCUT2D eigenvalue weighted by atomic mass is 32.2. The first-order chi connectivity index (χ1) is 13.1. The van der Waals surface area contributed by atoms with E-state index < -0.39 is 0 Å². The fourth-order valence-corrected chi connectivity index (χ4v) is 3.46. The number of hydrogen-bond donors (Lipinski definition) is 3. The molecule has 0 atom stereocenters. The number of hydrogen-bond acceptors (Lipinski definition) is 5. The zero-order valence-electron chi connectivity index (χ0n) is 14.9. The first kappa shape index (κ1) is 19.0. The van der Waals surface area contributed by atoms with Gasteiger partial charge in [-0.1, -0.05) is 24.3 Å². The zero-order chi connectivity index (χ0) is 19.1. The number of aromatic nitrogens is 2. The molecule has 3 rings (SSSR count). The minimum atomic E-state index is -0.128. The third-order valence-electron chi connectivity index (χ3n) is 4.09. The Morgan fingerprint density at radius 3 is 2.74 bits per heavy atom. The molecule has 140 valence electrons. The third-order valence-corrected chi connectivity index (χ3v) is 5.06. The van der Waals surface area contributed by atoms with E-state index in [-0.39, 0.29) is 11.5 Å². The van der Waals surface area contributed by atoms with Crippen LogP contribution in [0.5, 0.6) is 0 Å². The molecule has 1 aromatic heterocycles. The summed E-state index contributed by atoms with van der Waals surface area (Å²) >= 11 is 1.58. The van der Waals surface area contributed by atoms with Crippen LogP contribution in [0.3, 0.4) is 0 Å². The van der Waals surface area contributed by atoms with Crippen molar-refractivity contribution >= 4 is 34.3 Å². The van der Waals surface area contributed by atoms with Gasteiger partial charge in [0.05, 0.1) is 16.7 Å². The Labute approximate surface area is 161 Å². The Morgan fingerprint density at radius 1 is 1.15 bits per heavy atom. The predicted molar refractivity (Wildman–Crippen MR) is 111 cm³/mol. The number of anilines is 1. The summed E-state index contributed by atoms with van der Waals surface area (Å²) in [5.74, 6) is 1.90. The molecule has 0 aliphatic carbocycles. The molecule has 0 aliphatic heterocycles. The van der Waals surface area contributed by atoms with Gasteiger partial charge < -0.3 is 16.0 Å². The number of nitrogens with zero attached hydrogens (tertiary/aromatic N) is 1. The summed E-state index contributed by atoms with van der Waals surface area (Å²) in [6.45, 7) is 0.604. The number of fused-ring (bicyclic) bond motifs is 1. The van der Waals surface area contributed by atoms with E-state index in [0.29, 0.717) is 41.2 Å². The number of benzene rings is 2. The molecule has 0 radical (unpaired) electrons. The van der Waals surface area contributed by atoms with Gasteiger partial charge in [0, 0.05) is 24.4 Å². The van der Waals surface area contributed by atoms with E-state index in [9.17, 15) is 9.59 Å². The zero-order valence-corrected chi connectivity index (χ0v) is 15.7. The topological polar surface area (TPSA) is 101 Å².